The quantitative estimate of drug-likeness (QED) is 0.901. The highest BCUT2D eigenvalue weighted by Crippen LogP contribution is 2.41. The molecule has 2 heterocycles. The van der Waals surface area contributed by atoms with Crippen LogP contribution < -0.4 is 5.32 Å². The summed E-state index contributed by atoms with van der Waals surface area (Å²) in [6, 6.07) is 8.12. The summed E-state index contributed by atoms with van der Waals surface area (Å²) in [6.45, 7) is 3.13. The molecule has 3 rings (SSSR count). The van der Waals surface area contributed by atoms with Gasteiger partial charge in [0.15, 0.2) is 5.22 Å². The van der Waals surface area contributed by atoms with Crippen LogP contribution in [-0.4, -0.2) is 11.5 Å². The molecule has 0 aromatic carbocycles. The monoisotopic (exact) mass is 290 g/mol. The number of furan rings is 1. The molecule has 1 aliphatic carbocycles. The van der Waals surface area contributed by atoms with E-state index in [4.69, 9.17) is 16.0 Å². The molecule has 2 aromatic rings. The van der Waals surface area contributed by atoms with Crippen molar-refractivity contribution in [2.75, 3.05) is 6.54 Å². The van der Waals surface area contributed by atoms with Crippen LogP contribution >= 0.6 is 11.6 Å². The van der Waals surface area contributed by atoms with E-state index in [1.165, 1.54) is 11.3 Å². The maximum atomic E-state index is 5.94. The summed E-state index contributed by atoms with van der Waals surface area (Å²) in [5.74, 6) is 1.27. The molecular formula is C16H19ClN2O. The number of aryl methyl sites for hydroxylation is 1. The van der Waals surface area contributed by atoms with E-state index in [1.54, 1.807) is 0 Å². The van der Waals surface area contributed by atoms with Gasteiger partial charge >= 0.3 is 0 Å². The molecule has 1 aliphatic rings. The smallest absolute Gasteiger partial charge is 0.193 e. The van der Waals surface area contributed by atoms with Crippen molar-refractivity contribution in [1.82, 2.24) is 10.3 Å². The molecule has 2 unspecified atom stereocenters. The number of rotatable bonds is 5. The van der Waals surface area contributed by atoms with Crippen molar-refractivity contribution >= 4 is 11.6 Å². The fourth-order valence-corrected chi connectivity index (χ4v) is 3.16. The van der Waals surface area contributed by atoms with Gasteiger partial charge in [0.05, 0.1) is 6.04 Å². The van der Waals surface area contributed by atoms with Crippen molar-refractivity contribution in [3.63, 3.8) is 0 Å². The van der Waals surface area contributed by atoms with Crippen molar-refractivity contribution in [3.05, 3.63) is 52.7 Å². The fraction of sp³-hybridized carbons (Fsp3) is 0.438. The van der Waals surface area contributed by atoms with E-state index in [9.17, 15) is 0 Å². The second-order valence-electron chi connectivity index (χ2n) is 5.27. The van der Waals surface area contributed by atoms with Gasteiger partial charge in [0.1, 0.15) is 5.76 Å². The van der Waals surface area contributed by atoms with Gasteiger partial charge in [-0.15, -0.1) is 0 Å². The standard InChI is InChI=1S/C16H19ClN2O/c1-2-9-18-16(13-7-8-14(17)20-13)12-6-5-11-4-3-10-19-15(11)12/h3-4,7-8,10,12,16,18H,2,5-6,9H2,1H3. The first-order chi connectivity index (χ1) is 9.79. The third kappa shape index (κ3) is 2.60. The summed E-state index contributed by atoms with van der Waals surface area (Å²) in [4.78, 5) is 4.59. The minimum Gasteiger partial charge on any atom is -0.448 e. The maximum Gasteiger partial charge on any atom is 0.193 e. The fourth-order valence-electron chi connectivity index (χ4n) is 3.00. The van der Waals surface area contributed by atoms with Crippen LogP contribution in [0.4, 0.5) is 0 Å². The number of aromatic nitrogens is 1. The van der Waals surface area contributed by atoms with Crippen LogP contribution in [0.15, 0.2) is 34.9 Å². The Morgan fingerprint density at radius 1 is 1.45 bits per heavy atom. The number of hydrogen-bond donors (Lipinski definition) is 1. The van der Waals surface area contributed by atoms with E-state index in [1.807, 2.05) is 24.4 Å². The highest BCUT2D eigenvalue weighted by atomic mass is 35.5. The van der Waals surface area contributed by atoms with Crippen molar-refractivity contribution in [2.45, 2.75) is 38.1 Å². The zero-order valence-corrected chi connectivity index (χ0v) is 12.4. The average Bonchev–Trinajstić information content (AvgIpc) is 3.07. The Labute approximate surface area is 124 Å². The van der Waals surface area contributed by atoms with E-state index < -0.39 is 0 Å². The molecule has 2 atom stereocenters. The zero-order chi connectivity index (χ0) is 13.9. The van der Waals surface area contributed by atoms with Crippen LogP contribution in [0.25, 0.3) is 0 Å². The Hall–Kier alpha value is -1.32. The van der Waals surface area contributed by atoms with E-state index in [0.29, 0.717) is 11.1 Å². The van der Waals surface area contributed by atoms with Crippen molar-refractivity contribution < 1.29 is 4.42 Å². The normalized spacial score (nSPS) is 19.0. The third-order valence-corrected chi connectivity index (χ3v) is 4.12. The summed E-state index contributed by atoms with van der Waals surface area (Å²) in [7, 11) is 0. The Bertz CT molecular complexity index is 581. The van der Waals surface area contributed by atoms with Gasteiger partial charge < -0.3 is 9.73 Å². The number of nitrogens with one attached hydrogen (secondary N) is 1. The van der Waals surface area contributed by atoms with Crippen LogP contribution in [0.1, 0.15) is 48.7 Å². The maximum absolute atomic E-state index is 5.94. The zero-order valence-electron chi connectivity index (χ0n) is 11.6. The molecule has 3 nitrogen and oxygen atoms in total. The topological polar surface area (TPSA) is 38.1 Å². The van der Waals surface area contributed by atoms with Gasteiger partial charge in [-0.3, -0.25) is 4.98 Å². The molecule has 106 valence electrons. The molecule has 0 spiro atoms. The molecule has 0 saturated carbocycles. The van der Waals surface area contributed by atoms with Gasteiger partial charge in [0.2, 0.25) is 0 Å². The van der Waals surface area contributed by atoms with Crippen molar-refractivity contribution in [2.24, 2.45) is 0 Å². The molecule has 20 heavy (non-hydrogen) atoms. The van der Waals surface area contributed by atoms with Crippen LogP contribution in [0.2, 0.25) is 5.22 Å². The summed E-state index contributed by atoms with van der Waals surface area (Å²) >= 11 is 5.94. The molecule has 0 amide bonds. The van der Waals surface area contributed by atoms with E-state index >= 15 is 0 Å². The number of fused-ring (bicyclic) bond motifs is 1. The summed E-state index contributed by atoms with van der Waals surface area (Å²) in [5, 5.41) is 4.04. The lowest BCUT2D eigenvalue weighted by Gasteiger charge is -2.23. The molecule has 2 aromatic heterocycles. The highest BCUT2D eigenvalue weighted by Gasteiger charge is 2.33. The SMILES string of the molecule is CCCNC(c1ccc(Cl)o1)C1CCc2cccnc21. The summed E-state index contributed by atoms with van der Waals surface area (Å²) in [5.41, 5.74) is 2.56. The summed E-state index contributed by atoms with van der Waals surface area (Å²) in [6.07, 6.45) is 5.16. The van der Waals surface area contributed by atoms with Gasteiger partial charge in [-0.2, -0.15) is 0 Å². The van der Waals surface area contributed by atoms with Gasteiger partial charge in [-0.25, -0.2) is 0 Å². The second-order valence-corrected chi connectivity index (χ2v) is 5.64. The predicted octanol–water partition coefficient (Wildman–Crippen LogP) is 4.10. The van der Waals surface area contributed by atoms with Gasteiger partial charge in [0, 0.05) is 17.8 Å². The largest absolute Gasteiger partial charge is 0.448 e. The lowest BCUT2D eigenvalue weighted by molar-refractivity contribution is 0.361. The lowest BCUT2D eigenvalue weighted by Crippen LogP contribution is -2.27. The molecule has 0 saturated heterocycles. The number of nitrogens with zero attached hydrogens (tertiary/aromatic N) is 1. The Morgan fingerprint density at radius 2 is 2.35 bits per heavy atom. The Morgan fingerprint density at radius 3 is 3.10 bits per heavy atom. The molecule has 0 fully saturated rings. The Kier molecular flexibility index (Phi) is 4.08. The number of halogens is 1. The first-order valence-electron chi connectivity index (χ1n) is 7.22. The minimum absolute atomic E-state index is 0.151. The van der Waals surface area contributed by atoms with E-state index in [2.05, 4.69) is 23.3 Å². The molecule has 4 heteroatoms. The predicted molar refractivity (Wildman–Crippen MR) is 80.1 cm³/mol. The third-order valence-electron chi connectivity index (χ3n) is 3.92. The number of pyridine rings is 1. The van der Waals surface area contributed by atoms with Crippen LogP contribution in [-0.2, 0) is 6.42 Å². The molecule has 0 aliphatic heterocycles. The Balaban J connectivity index is 1.90. The average molecular weight is 291 g/mol. The highest BCUT2D eigenvalue weighted by molar-refractivity contribution is 6.28. The van der Waals surface area contributed by atoms with Gasteiger partial charge in [0.25, 0.3) is 0 Å². The van der Waals surface area contributed by atoms with Crippen LogP contribution in [0.5, 0.6) is 0 Å². The number of hydrogen-bond acceptors (Lipinski definition) is 3. The minimum atomic E-state index is 0.151. The van der Waals surface area contributed by atoms with E-state index in [0.717, 1.165) is 31.6 Å². The molecular weight excluding hydrogens is 272 g/mol. The molecule has 1 N–H and O–H groups in total. The molecule has 0 radical (unpaired) electrons. The van der Waals surface area contributed by atoms with Gasteiger partial charge in [-0.1, -0.05) is 13.0 Å². The lowest BCUT2D eigenvalue weighted by atomic mass is 9.94. The molecule has 0 bridgehead atoms. The van der Waals surface area contributed by atoms with E-state index in [-0.39, 0.29) is 6.04 Å². The van der Waals surface area contributed by atoms with Crippen LogP contribution in [0.3, 0.4) is 0 Å². The van der Waals surface area contributed by atoms with Crippen molar-refractivity contribution in [3.8, 4) is 0 Å². The first kappa shape index (κ1) is 13.7. The van der Waals surface area contributed by atoms with Crippen molar-refractivity contribution in [1.29, 1.82) is 0 Å². The van der Waals surface area contributed by atoms with Crippen LogP contribution in [0, 0.1) is 0 Å². The second kappa shape index (κ2) is 5.98. The summed E-state index contributed by atoms with van der Waals surface area (Å²) < 4.78 is 5.65. The first-order valence-corrected chi connectivity index (χ1v) is 7.59. The van der Waals surface area contributed by atoms with Gasteiger partial charge in [-0.05, 0) is 61.2 Å².